The average molecular weight is 192 g/mol. The van der Waals surface area contributed by atoms with E-state index in [4.69, 9.17) is 0 Å². The molecule has 0 bridgehead atoms. The summed E-state index contributed by atoms with van der Waals surface area (Å²) in [4.78, 5) is 23.2. The van der Waals surface area contributed by atoms with Crippen LogP contribution in [0.3, 0.4) is 0 Å². The van der Waals surface area contributed by atoms with E-state index in [-0.39, 0.29) is 23.4 Å². The molecule has 1 aliphatic rings. The molecule has 0 saturated carbocycles. The number of allylic oxidation sites excluding steroid dienone is 4. The van der Waals surface area contributed by atoms with Crippen LogP contribution in [-0.4, -0.2) is 11.6 Å². The minimum Gasteiger partial charge on any atom is -0.285 e. The molecule has 1 aliphatic carbocycles. The number of carbonyl (C=O) groups is 2. The SMILES string of the molecule is CC(C)C1=CC=C(C(C)C)C(=O)C1=O. The third-order valence-corrected chi connectivity index (χ3v) is 2.42. The van der Waals surface area contributed by atoms with E-state index in [9.17, 15) is 9.59 Å². The molecule has 1 rings (SSSR count). The van der Waals surface area contributed by atoms with E-state index in [1.165, 1.54) is 0 Å². The molecule has 0 aromatic rings. The summed E-state index contributed by atoms with van der Waals surface area (Å²) in [6, 6.07) is 0. The predicted molar refractivity (Wildman–Crippen MR) is 55.9 cm³/mol. The molecular weight excluding hydrogens is 176 g/mol. The fourth-order valence-electron chi connectivity index (χ4n) is 1.50. The molecule has 0 aromatic carbocycles. The number of carbonyl (C=O) groups excluding carboxylic acids is 2. The molecule has 0 aromatic heterocycles. The van der Waals surface area contributed by atoms with Crippen molar-refractivity contribution in [1.82, 2.24) is 0 Å². The van der Waals surface area contributed by atoms with Gasteiger partial charge >= 0.3 is 0 Å². The zero-order valence-electron chi connectivity index (χ0n) is 9.13. The normalized spacial score (nSPS) is 17.6. The second-order valence-corrected chi connectivity index (χ2v) is 4.21. The number of Topliss-reactive ketones (excluding diaryl/α,β-unsaturated/α-hetero) is 2. The summed E-state index contributed by atoms with van der Waals surface area (Å²) in [6.45, 7) is 7.69. The maximum Gasteiger partial charge on any atom is 0.229 e. The van der Waals surface area contributed by atoms with Crippen molar-refractivity contribution in [3.63, 3.8) is 0 Å². The van der Waals surface area contributed by atoms with E-state index >= 15 is 0 Å². The first kappa shape index (κ1) is 10.9. The number of ketones is 2. The van der Waals surface area contributed by atoms with E-state index in [0.29, 0.717) is 11.1 Å². The summed E-state index contributed by atoms with van der Waals surface area (Å²) < 4.78 is 0. The lowest BCUT2D eigenvalue weighted by Gasteiger charge is -2.16. The summed E-state index contributed by atoms with van der Waals surface area (Å²) >= 11 is 0. The molecule has 2 nitrogen and oxygen atoms in total. The van der Waals surface area contributed by atoms with Gasteiger partial charge in [-0.25, -0.2) is 0 Å². The highest BCUT2D eigenvalue weighted by atomic mass is 16.2. The van der Waals surface area contributed by atoms with Gasteiger partial charge in [-0.15, -0.1) is 0 Å². The van der Waals surface area contributed by atoms with Gasteiger partial charge < -0.3 is 0 Å². The van der Waals surface area contributed by atoms with Crippen LogP contribution in [0.4, 0.5) is 0 Å². The standard InChI is InChI=1S/C12H16O2/c1-7(2)9-5-6-10(8(3)4)12(14)11(9)13/h5-8H,1-4H3. The molecule has 0 atom stereocenters. The molecule has 0 unspecified atom stereocenters. The largest absolute Gasteiger partial charge is 0.285 e. The van der Waals surface area contributed by atoms with Crippen LogP contribution in [0.2, 0.25) is 0 Å². The van der Waals surface area contributed by atoms with Gasteiger partial charge in [0, 0.05) is 11.1 Å². The highest BCUT2D eigenvalue weighted by Gasteiger charge is 2.28. The lowest BCUT2D eigenvalue weighted by atomic mass is 9.85. The van der Waals surface area contributed by atoms with Gasteiger partial charge in [0.2, 0.25) is 11.6 Å². The zero-order valence-corrected chi connectivity index (χ0v) is 9.13. The minimum atomic E-state index is -0.328. The third-order valence-electron chi connectivity index (χ3n) is 2.42. The van der Waals surface area contributed by atoms with Crippen molar-refractivity contribution in [3.05, 3.63) is 23.3 Å². The molecule has 2 heteroatoms. The Morgan fingerprint density at radius 3 is 1.29 bits per heavy atom. The maximum absolute atomic E-state index is 11.6. The molecule has 0 spiro atoms. The molecule has 14 heavy (non-hydrogen) atoms. The van der Waals surface area contributed by atoms with Gasteiger partial charge in [0.1, 0.15) is 0 Å². The second kappa shape index (κ2) is 3.91. The van der Waals surface area contributed by atoms with Crippen LogP contribution in [0.5, 0.6) is 0 Å². The van der Waals surface area contributed by atoms with Crippen LogP contribution >= 0.6 is 0 Å². The highest BCUT2D eigenvalue weighted by molar-refractivity contribution is 6.50. The van der Waals surface area contributed by atoms with E-state index < -0.39 is 0 Å². The first-order valence-corrected chi connectivity index (χ1v) is 4.96. The summed E-state index contributed by atoms with van der Waals surface area (Å²) in [5, 5.41) is 0. The summed E-state index contributed by atoms with van der Waals surface area (Å²) in [6.07, 6.45) is 3.56. The summed E-state index contributed by atoms with van der Waals surface area (Å²) in [5.74, 6) is -0.412. The van der Waals surface area contributed by atoms with Crippen molar-refractivity contribution in [1.29, 1.82) is 0 Å². The van der Waals surface area contributed by atoms with Crippen molar-refractivity contribution in [2.24, 2.45) is 11.8 Å². The fourth-order valence-corrected chi connectivity index (χ4v) is 1.50. The van der Waals surface area contributed by atoms with Gasteiger partial charge in [0.15, 0.2) is 0 Å². The van der Waals surface area contributed by atoms with E-state index in [0.717, 1.165) is 0 Å². The van der Waals surface area contributed by atoms with Crippen molar-refractivity contribution in [3.8, 4) is 0 Å². The van der Waals surface area contributed by atoms with Crippen LogP contribution in [0, 0.1) is 11.8 Å². The Morgan fingerprint density at radius 2 is 1.07 bits per heavy atom. The Kier molecular flexibility index (Phi) is 3.04. The Balaban J connectivity index is 3.09. The van der Waals surface area contributed by atoms with Gasteiger partial charge in [-0.05, 0) is 11.8 Å². The van der Waals surface area contributed by atoms with Crippen LogP contribution in [-0.2, 0) is 9.59 Å². The van der Waals surface area contributed by atoms with Gasteiger partial charge in [-0.2, -0.15) is 0 Å². The highest BCUT2D eigenvalue weighted by Crippen LogP contribution is 2.22. The first-order valence-electron chi connectivity index (χ1n) is 4.96. The topological polar surface area (TPSA) is 34.1 Å². The Morgan fingerprint density at radius 1 is 0.786 bits per heavy atom. The molecular formula is C12H16O2. The molecule has 0 fully saturated rings. The molecule has 0 N–H and O–H groups in total. The first-order chi connectivity index (χ1) is 6.45. The van der Waals surface area contributed by atoms with Gasteiger partial charge in [0.05, 0.1) is 0 Å². The number of hydrogen-bond donors (Lipinski definition) is 0. The fraction of sp³-hybridized carbons (Fsp3) is 0.500. The van der Waals surface area contributed by atoms with E-state index in [1.54, 1.807) is 12.2 Å². The van der Waals surface area contributed by atoms with Crippen molar-refractivity contribution in [2.75, 3.05) is 0 Å². The predicted octanol–water partition coefficient (Wildman–Crippen LogP) is 2.30. The molecule has 0 radical (unpaired) electrons. The Bertz CT molecular complexity index is 296. The van der Waals surface area contributed by atoms with Crippen LogP contribution in [0.25, 0.3) is 0 Å². The van der Waals surface area contributed by atoms with Crippen LogP contribution in [0.15, 0.2) is 23.3 Å². The van der Waals surface area contributed by atoms with E-state index in [1.807, 2.05) is 27.7 Å². The van der Waals surface area contributed by atoms with E-state index in [2.05, 4.69) is 0 Å². The number of hydrogen-bond acceptors (Lipinski definition) is 2. The second-order valence-electron chi connectivity index (χ2n) is 4.21. The zero-order chi connectivity index (χ0) is 10.9. The Labute approximate surface area is 84.7 Å². The lowest BCUT2D eigenvalue weighted by Crippen LogP contribution is -2.25. The molecule has 0 saturated heterocycles. The summed E-state index contributed by atoms with van der Waals surface area (Å²) in [5.41, 5.74) is 1.25. The van der Waals surface area contributed by atoms with Crippen molar-refractivity contribution < 1.29 is 9.59 Å². The maximum atomic E-state index is 11.6. The van der Waals surface area contributed by atoms with Gasteiger partial charge in [0.25, 0.3) is 0 Å². The smallest absolute Gasteiger partial charge is 0.229 e. The van der Waals surface area contributed by atoms with Crippen molar-refractivity contribution in [2.45, 2.75) is 27.7 Å². The lowest BCUT2D eigenvalue weighted by molar-refractivity contribution is -0.132. The molecule has 0 aliphatic heterocycles. The number of rotatable bonds is 2. The third kappa shape index (κ3) is 1.84. The average Bonchev–Trinajstić information content (AvgIpc) is 2.08. The van der Waals surface area contributed by atoms with Gasteiger partial charge in [-0.1, -0.05) is 39.8 Å². The van der Waals surface area contributed by atoms with Crippen LogP contribution < -0.4 is 0 Å². The molecule has 76 valence electrons. The Hall–Kier alpha value is -1.18. The minimum absolute atomic E-state index is 0.122. The monoisotopic (exact) mass is 192 g/mol. The summed E-state index contributed by atoms with van der Waals surface area (Å²) in [7, 11) is 0. The molecule has 0 amide bonds. The quantitative estimate of drug-likeness (QED) is 0.497. The van der Waals surface area contributed by atoms with Gasteiger partial charge in [-0.3, -0.25) is 9.59 Å². The van der Waals surface area contributed by atoms with Crippen LogP contribution in [0.1, 0.15) is 27.7 Å². The molecule has 0 heterocycles. The van der Waals surface area contributed by atoms with Crippen molar-refractivity contribution >= 4 is 11.6 Å².